The molecule has 0 aromatic carbocycles. The molecule has 128 valence electrons. The van der Waals surface area contributed by atoms with E-state index in [4.69, 9.17) is 9.47 Å². The summed E-state index contributed by atoms with van der Waals surface area (Å²) in [5.41, 5.74) is -0.412. The molecule has 1 aliphatic heterocycles. The van der Waals surface area contributed by atoms with Gasteiger partial charge in [0.25, 0.3) is 0 Å². The van der Waals surface area contributed by atoms with E-state index < -0.39 is 5.60 Å². The number of carbonyl (C=O) groups excluding carboxylic acids is 1. The van der Waals surface area contributed by atoms with Crippen LogP contribution in [0, 0.1) is 0 Å². The molecule has 1 saturated carbocycles. The average Bonchev–Trinajstić information content (AvgIpc) is 2.83. The van der Waals surface area contributed by atoms with Crippen molar-refractivity contribution in [2.75, 3.05) is 13.2 Å². The summed E-state index contributed by atoms with van der Waals surface area (Å²) in [6.45, 7) is 9.69. The Morgan fingerprint density at radius 1 is 1.23 bits per heavy atom. The quantitative estimate of drug-likeness (QED) is 0.838. The van der Waals surface area contributed by atoms with E-state index in [1.54, 1.807) is 0 Å². The van der Waals surface area contributed by atoms with E-state index in [1.165, 1.54) is 6.42 Å². The number of rotatable bonds is 4. The third-order valence-electron chi connectivity index (χ3n) is 4.51. The second kappa shape index (κ2) is 7.18. The minimum absolute atomic E-state index is 0.0195. The molecule has 1 atom stereocenters. The van der Waals surface area contributed by atoms with Crippen LogP contribution in [0.2, 0.25) is 0 Å². The fourth-order valence-electron chi connectivity index (χ4n) is 3.25. The number of hydrogen-bond acceptors (Lipinski definition) is 4. The van der Waals surface area contributed by atoms with Gasteiger partial charge in [-0.2, -0.15) is 0 Å². The second-order valence-corrected chi connectivity index (χ2v) is 7.98. The van der Waals surface area contributed by atoms with Crippen LogP contribution < -0.4 is 10.6 Å². The predicted molar refractivity (Wildman–Crippen MR) is 87.0 cm³/mol. The Labute approximate surface area is 134 Å². The normalized spacial score (nSPS) is 32.7. The van der Waals surface area contributed by atoms with Crippen LogP contribution >= 0.6 is 0 Å². The molecule has 1 unspecified atom stereocenters. The molecule has 2 fully saturated rings. The third kappa shape index (κ3) is 5.76. The fourth-order valence-corrected chi connectivity index (χ4v) is 3.25. The summed E-state index contributed by atoms with van der Waals surface area (Å²) in [7, 11) is 0. The Hall–Kier alpha value is -0.810. The molecule has 0 radical (unpaired) electrons. The monoisotopic (exact) mass is 312 g/mol. The van der Waals surface area contributed by atoms with Crippen LogP contribution in [0.4, 0.5) is 4.79 Å². The lowest BCUT2D eigenvalue weighted by Gasteiger charge is -2.33. The van der Waals surface area contributed by atoms with Crippen molar-refractivity contribution in [3.05, 3.63) is 0 Å². The van der Waals surface area contributed by atoms with Crippen molar-refractivity contribution in [1.82, 2.24) is 10.6 Å². The van der Waals surface area contributed by atoms with Crippen molar-refractivity contribution in [2.24, 2.45) is 0 Å². The Balaban J connectivity index is 1.64. The molecule has 1 amide bonds. The highest BCUT2D eigenvalue weighted by molar-refractivity contribution is 5.68. The van der Waals surface area contributed by atoms with Gasteiger partial charge in [-0.3, -0.25) is 0 Å². The smallest absolute Gasteiger partial charge is 0.407 e. The summed E-state index contributed by atoms with van der Waals surface area (Å²) in [5, 5.41) is 6.63. The number of nitrogens with one attached hydrogen (secondary N) is 2. The maximum atomic E-state index is 11.8. The lowest BCUT2D eigenvalue weighted by molar-refractivity contribution is 0.0174. The number of carbonyl (C=O) groups is 1. The summed E-state index contributed by atoms with van der Waals surface area (Å²) in [5.74, 6) is 0. The van der Waals surface area contributed by atoms with Gasteiger partial charge in [-0.1, -0.05) is 0 Å². The molecular formula is C17H32N2O3. The molecule has 2 N–H and O–H groups in total. The topological polar surface area (TPSA) is 59.6 Å². The summed E-state index contributed by atoms with van der Waals surface area (Å²) < 4.78 is 11.1. The highest BCUT2D eigenvalue weighted by atomic mass is 16.6. The van der Waals surface area contributed by atoms with Gasteiger partial charge in [0.1, 0.15) is 5.60 Å². The fraction of sp³-hybridized carbons (Fsp3) is 0.941. The van der Waals surface area contributed by atoms with E-state index in [1.807, 2.05) is 20.8 Å². The van der Waals surface area contributed by atoms with Gasteiger partial charge in [0.05, 0.1) is 5.60 Å². The standard InChI is InChI=1S/C17H32N2O3/c1-16(2,3)22-15(20)19-14-8-6-13(7-9-14)18-12-17(4)10-5-11-21-17/h13-14,18H,5-12H2,1-4H3,(H,19,20). The molecule has 1 aliphatic carbocycles. The largest absolute Gasteiger partial charge is 0.444 e. The first kappa shape index (κ1) is 17.5. The van der Waals surface area contributed by atoms with E-state index in [2.05, 4.69) is 17.6 Å². The summed E-state index contributed by atoms with van der Waals surface area (Å²) >= 11 is 0. The Morgan fingerprint density at radius 3 is 2.41 bits per heavy atom. The SMILES string of the molecule is CC(C)(C)OC(=O)NC1CCC(NCC2(C)CCCO2)CC1. The van der Waals surface area contributed by atoms with Crippen LogP contribution in [-0.4, -0.2) is 42.5 Å². The summed E-state index contributed by atoms with van der Waals surface area (Å²) in [6, 6.07) is 0.781. The van der Waals surface area contributed by atoms with E-state index >= 15 is 0 Å². The van der Waals surface area contributed by atoms with Crippen LogP contribution in [0.25, 0.3) is 0 Å². The summed E-state index contributed by atoms with van der Waals surface area (Å²) in [4.78, 5) is 11.8. The van der Waals surface area contributed by atoms with Gasteiger partial charge < -0.3 is 20.1 Å². The third-order valence-corrected chi connectivity index (χ3v) is 4.51. The van der Waals surface area contributed by atoms with Gasteiger partial charge >= 0.3 is 6.09 Å². The molecule has 0 aromatic rings. The highest BCUT2D eigenvalue weighted by Gasteiger charge is 2.31. The second-order valence-electron chi connectivity index (χ2n) is 7.98. The first-order valence-electron chi connectivity index (χ1n) is 8.63. The Kier molecular flexibility index (Phi) is 5.72. The van der Waals surface area contributed by atoms with Crippen molar-refractivity contribution in [3.63, 3.8) is 0 Å². The molecule has 2 rings (SSSR count). The Morgan fingerprint density at radius 2 is 1.86 bits per heavy atom. The van der Waals surface area contributed by atoms with Crippen molar-refractivity contribution in [2.45, 2.75) is 89.5 Å². The van der Waals surface area contributed by atoms with Gasteiger partial charge in [0.15, 0.2) is 0 Å². The van der Waals surface area contributed by atoms with E-state index in [9.17, 15) is 4.79 Å². The zero-order chi connectivity index (χ0) is 16.2. The molecule has 0 spiro atoms. The van der Waals surface area contributed by atoms with Gasteiger partial charge in [-0.25, -0.2) is 4.79 Å². The van der Waals surface area contributed by atoms with Gasteiger partial charge in [0.2, 0.25) is 0 Å². The minimum atomic E-state index is -0.431. The molecule has 5 nitrogen and oxygen atoms in total. The van der Waals surface area contributed by atoms with Crippen molar-refractivity contribution >= 4 is 6.09 Å². The van der Waals surface area contributed by atoms with Crippen LogP contribution in [0.1, 0.15) is 66.2 Å². The molecular weight excluding hydrogens is 280 g/mol. The molecule has 1 saturated heterocycles. The molecule has 22 heavy (non-hydrogen) atoms. The molecule has 0 bridgehead atoms. The van der Waals surface area contributed by atoms with Crippen LogP contribution in [0.15, 0.2) is 0 Å². The van der Waals surface area contributed by atoms with Crippen molar-refractivity contribution in [1.29, 1.82) is 0 Å². The minimum Gasteiger partial charge on any atom is -0.444 e. The van der Waals surface area contributed by atoms with E-state index in [0.717, 1.165) is 45.3 Å². The van der Waals surface area contributed by atoms with Crippen molar-refractivity contribution in [3.8, 4) is 0 Å². The van der Waals surface area contributed by atoms with Crippen LogP contribution in [-0.2, 0) is 9.47 Å². The maximum Gasteiger partial charge on any atom is 0.407 e. The predicted octanol–water partition coefficient (Wildman–Crippen LogP) is 2.98. The zero-order valence-corrected chi connectivity index (χ0v) is 14.5. The summed E-state index contributed by atoms with van der Waals surface area (Å²) in [6.07, 6.45) is 6.23. The Bertz CT molecular complexity index is 365. The van der Waals surface area contributed by atoms with Gasteiger partial charge in [-0.05, 0) is 66.2 Å². The highest BCUT2D eigenvalue weighted by Crippen LogP contribution is 2.25. The lowest BCUT2D eigenvalue weighted by Crippen LogP contribution is -2.47. The number of alkyl carbamates (subject to hydrolysis) is 1. The van der Waals surface area contributed by atoms with Gasteiger partial charge in [0, 0.05) is 25.2 Å². The average molecular weight is 312 g/mol. The molecule has 0 aromatic heterocycles. The van der Waals surface area contributed by atoms with Crippen LogP contribution in [0.3, 0.4) is 0 Å². The number of amides is 1. The van der Waals surface area contributed by atoms with Crippen molar-refractivity contribution < 1.29 is 14.3 Å². The molecule has 5 heteroatoms. The van der Waals surface area contributed by atoms with E-state index in [-0.39, 0.29) is 17.7 Å². The maximum absolute atomic E-state index is 11.8. The molecule has 2 aliphatic rings. The zero-order valence-electron chi connectivity index (χ0n) is 14.5. The molecule has 1 heterocycles. The first-order chi connectivity index (χ1) is 10.3. The van der Waals surface area contributed by atoms with Gasteiger partial charge in [-0.15, -0.1) is 0 Å². The van der Waals surface area contributed by atoms with E-state index in [0.29, 0.717) is 6.04 Å². The lowest BCUT2D eigenvalue weighted by atomic mass is 9.90. The first-order valence-corrected chi connectivity index (χ1v) is 8.63. The number of ether oxygens (including phenoxy) is 2. The van der Waals surface area contributed by atoms with Crippen LogP contribution in [0.5, 0.6) is 0 Å². The number of hydrogen-bond donors (Lipinski definition) is 2.